The van der Waals surface area contributed by atoms with Crippen LogP contribution >= 0.6 is 0 Å². The molecule has 3 heteroatoms. The first-order chi connectivity index (χ1) is 10.8. The van der Waals surface area contributed by atoms with E-state index in [1.54, 1.807) is 7.11 Å². The number of carbonyl (C=O) groups excluding carboxylic acids is 1. The second-order valence-corrected chi connectivity index (χ2v) is 5.82. The number of benzene rings is 1. The Balaban J connectivity index is 1.69. The highest BCUT2D eigenvalue weighted by Gasteiger charge is 2.14. The molecule has 1 aliphatic carbocycles. The van der Waals surface area contributed by atoms with Gasteiger partial charge in [0, 0.05) is 6.42 Å². The zero-order valence-electron chi connectivity index (χ0n) is 13.4. The Bertz CT molecular complexity index is 536. The first kappa shape index (κ1) is 16.4. The average Bonchev–Trinajstić information content (AvgIpc) is 2.58. The van der Waals surface area contributed by atoms with Crippen molar-refractivity contribution in [2.24, 2.45) is 5.92 Å². The largest absolute Gasteiger partial charge is 0.495 e. The van der Waals surface area contributed by atoms with Crippen molar-refractivity contribution in [2.75, 3.05) is 13.7 Å². The van der Waals surface area contributed by atoms with Gasteiger partial charge in [0.1, 0.15) is 5.75 Å². The van der Waals surface area contributed by atoms with E-state index in [0.29, 0.717) is 13.0 Å². The van der Waals surface area contributed by atoms with Gasteiger partial charge in [-0.05, 0) is 24.5 Å². The van der Waals surface area contributed by atoms with Crippen molar-refractivity contribution in [1.82, 2.24) is 5.32 Å². The highest BCUT2D eigenvalue weighted by atomic mass is 16.5. The maximum Gasteiger partial charge on any atom is 0.220 e. The van der Waals surface area contributed by atoms with Gasteiger partial charge in [-0.3, -0.25) is 4.79 Å². The molecular weight excluding hydrogens is 274 g/mol. The summed E-state index contributed by atoms with van der Waals surface area (Å²) in [5, 5.41) is 2.88. The molecule has 0 radical (unpaired) electrons. The fourth-order valence-electron chi connectivity index (χ4n) is 2.93. The summed E-state index contributed by atoms with van der Waals surface area (Å²) in [6.45, 7) is 0.390. The number of methoxy groups -OCH3 is 1. The summed E-state index contributed by atoms with van der Waals surface area (Å²) in [6.07, 6.45) is 8.25. The topological polar surface area (TPSA) is 38.3 Å². The van der Waals surface area contributed by atoms with Crippen LogP contribution in [0.3, 0.4) is 0 Å². The van der Waals surface area contributed by atoms with Gasteiger partial charge in [0.05, 0.1) is 19.2 Å². The van der Waals surface area contributed by atoms with Crippen LogP contribution in [0.2, 0.25) is 0 Å². The first-order valence-electron chi connectivity index (χ1n) is 8.18. The monoisotopic (exact) mass is 299 g/mol. The highest BCUT2D eigenvalue weighted by Crippen LogP contribution is 2.27. The minimum atomic E-state index is 0.111. The van der Waals surface area contributed by atoms with Gasteiger partial charge in [-0.2, -0.15) is 0 Å². The zero-order chi connectivity index (χ0) is 15.6. The van der Waals surface area contributed by atoms with E-state index in [-0.39, 0.29) is 5.91 Å². The van der Waals surface area contributed by atoms with Gasteiger partial charge in [-0.1, -0.05) is 56.1 Å². The van der Waals surface area contributed by atoms with Gasteiger partial charge in [0.2, 0.25) is 5.91 Å². The molecule has 0 heterocycles. The van der Waals surface area contributed by atoms with E-state index in [1.165, 1.54) is 32.1 Å². The lowest BCUT2D eigenvalue weighted by molar-refractivity contribution is -0.121. The third-order valence-corrected chi connectivity index (χ3v) is 4.21. The molecule has 1 N–H and O–H groups in total. The normalized spacial score (nSPS) is 14.8. The lowest BCUT2D eigenvalue weighted by Crippen LogP contribution is -2.24. The van der Waals surface area contributed by atoms with E-state index in [4.69, 9.17) is 4.74 Å². The second-order valence-electron chi connectivity index (χ2n) is 5.82. The zero-order valence-corrected chi connectivity index (χ0v) is 13.4. The van der Waals surface area contributed by atoms with Gasteiger partial charge in [-0.15, -0.1) is 0 Å². The maximum atomic E-state index is 11.8. The van der Waals surface area contributed by atoms with Crippen LogP contribution in [0.25, 0.3) is 0 Å². The van der Waals surface area contributed by atoms with Crippen LogP contribution in [0, 0.1) is 17.8 Å². The molecule has 1 aromatic rings. The molecule has 0 aromatic heterocycles. The van der Waals surface area contributed by atoms with Crippen molar-refractivity contribution >= 4 is 5.91 Å². The molecule has 0 spiro atoms. The molecule has 1 saturated carbocycles. The molecular formula is C19H25NO2. The van der Waals surface area contributed by atoms with Crippen LogP contribution in [0.4, 0.5) is 0 Å². The van der Waals surface area contributed by atoms with Crippen molar-refractivity contribution < 1.29 is 9.53 Å². The molecule has 2 rings (SSSR count). The van der Waals surface area contributed by atoms with Gasteiger partial charge in [0.25, 0.3) is 0 Å². The summed E-state index contributed by atoms with van der Waals surface area (Å²) in [4.78, 5) is 11.8. The molecule has 1 fully saturated rings. The number of amides is 1. The van der Waals surface area contributed by atoms with Crippen molar-refractivity contribution in [1.29, 1.82) is 0 Å². The lowest BCUT2D eigenvalue weighted by Gasteiger charge is -2.20. The minimum absolute atomic E-state index is 0.111. The third kappa shape index (κ3) is 5.44. The maximum absolute atomic E-state index is 11.8. The van der Waals surface area contributed by atoms with Crippen molar-refractivity contribution in [3.63, 3.8) is 0 Å². The van der Waals surface area contributed by atoms with Gasteiger partial charge in [-0.25, -0.2) is 0 Å². The Hall–Kier alpha value is -1.95. The molecule has 0 saturated heterocycles. The number of hydrogen-bond acceptors (Lipinski definition) is 2. The number of rotatable bonds is 5. The number of para-hydroxylation sites is 1. The van der Waals surface area contributed by atoms with Crippen LogP contribution in [-0.2, 0) is 4.79 Å². The van der Waals surface area contributed by atoms with Crippen molar-refractivity contribution in [3.8, 4) is 17.6 Å². The Morgan fingerprint density at radius 2 is 2.05 bits per heavy atom. The van der Waals surface area contributed by atoms with Crippen molar-refractivity contribution in [2.45, 2.75) is 44.9 Å². The fourth-order valence-corrected chi connectivity index (χ4v) is 2.93. The number of hydrogen-bond donors (Lipinski definition) is 1. The van der Waals surface area contributed by atoms with Crippen LogP contribution < -0.4 is 10.1 Å². The van der Waals surface area contributed by atoms with E-state index in [0.717, 1.165) is 23.7 Å². The summed E-state index contributed by atoms with van der Waals surface area (Å²) < 4.78 is 5.24. The van der Waals surface area contributed by atoms with Crippen molar-refractivity contribution in [3.05, 3.63) is 29.8 Å². The third-order valence-electron chi connectivity index (χ3n) is 4.21. The van der Waals surface area contributed by atoms with E-state index >= 15 is 0 Å². The summed E-state index contributed by atoms with van der Waals surface area (Å²) in [6, 6.07) is 7.63. The summed E-state index contributed by atoms with van der Waals surface area (Å²) in [5.41, 5.74) is 0.849. The lowest BCUT2D eigenvalue weighted by atomic mass is 9.86. The van der Waals surface area contributed by atoms with Crippen LogP contribution in [-0.4, -0.2) is 19.6 Å². The molecule has 3 nitrogen and oxygen atoms in total. The molecule has 22 heavy (non-hydrogen) atoms. The van der Waals surface area contributed by atoms with Gasteiger partial charge < -0.3 is 10.1 Å². The Morgan fingerprint density at radius 1 is 1.27 bits per heavy atom. The van der Waals surface area contributed by atoms with Crippen LogP contribution in [0.15, 0.2) is 24.3 Å². The predicted molar refractivity (Wildman–Crippen MR) is 88.7 cm³/mol. The Kier molecular flexibility index (Phi) is 6.83. The number of nitrogens with one attached hydrogen (secondary N) is 1. The van der Waals surface area contributed by atoms with Crippen LogP contribution in [0.5, 0.6) is 5.75 Å². The van der Waals surface area contributed by atoms with Gasteiger partial charge in [0.15, 0.2) is 0 Å². The first-order valence-corrected chi connectivity index (χ1v) is 8.18. The molecule has 1 amide bonds. The van der Waals surface area contributed by atoms with Crippen LogP contribution in [0.1, 0.15) is 50.5 Å². The number of carbonyl (C=O) groups is 1. The molecule has 1 aromatic carbocycles. The smallest absolute Gasteiger partial charge is 0.220 e. The van der Waals surface area contributed by atoms with E-state index < -0.39 is 0 Å². The fraction of sp³-hybridized carbons (Fsp3) is 0.526. The SMILES string of the molecule is COc1ccccc1C#CCNC(=O)CCC1CCCCC1. The molecule has 0 atom stereocenters. The molecule has 1 aliphatic rings. The summed E-state index contributed by atoms with van der Waals surface area (Å²) >= 11 is 0. The van der Waals surface area contributed by atoms with Gasteiger partial charge >= 0.3 is 0 Å². The average molecular weight is 299 g/mol. The quantitative estimate of drug-likeness (QED) is 0.845. The van der Waals surface area contributed by atoms with E-state index in [9.17, 15) is 4.79 Å². The summed E-state index contributed by atoms with van der Waals surface area (Å²) in [7, 11) is 1.63. The molecule has 0 bridgehead atoms. The standard InChI is InChI=1S/C19H25NO2/c1-22-18-12-6-5-10-17(18)11-7-15-20-19(21)14-13-16-8-3-2-4-9-16/h5-6,10,12,16H,2-4,8-9,13-15H2,1H3,(H,20,21). The Labute approximate surface area is 133 Å². The Morgan fingerprint density at radius 3 is 2.82 bits per heavy atom. The number of ether oxygens (including phenoxy) is 1. The highest BCUT2D eigenvalue weighted by molar-refractivity contribution is 5.76. The molecule has 0 aliphatic heterocycles. The molecule has 118 valence electrons. The molecule has 0 unspecified atom stereocenters. The van der Waals surface area contributed by atoms with E-state index in [2.05, 4.69) is 17.2 Å². The summed E-state index contributed by atoms with van der Waals surface area (Å²) in [5.74, 6) is 7.64. The predicted octanol–water partition coefficient (Wildman–Crippen LogP) is 3.52. The second kappa shape index (κ2) is 9.15. The van der Waals surface area contributed by atoms with E-state index in [1.807, 2.05) is 24.3 Å². The minimum Gasteiger partial charge on any atom is -0.495 e.